The Morgan fingerprint density at radius 3 is 2.61 bits per heavy atom. The third kappa shape index (κ3) is 3.19. The summed E-state index contributed by atoms with van der Waals surface area (Å²) in [5.74, 6) is 0.0174. The molecule has 0 saturated carbocycles. The molecule has 1 aromatic carbocycles. The lowest BCUT2D eigenvalue weighted by Crippen LogP contribution is -2.30. The van der Waals surface area contributed by atoms with Gasteiger partial charge in [-0.3, -0.25) is 14.9 Å². The number of anilines is 1. The highest BCUT2D eigenvalue weighted by Gasteiger charge is 2.18. The Kier molecular flexibility index (Phi) is 4.25. The second-order valence-corrected chi connectivity index (χ2v) is 4.61. The zero-order valence-corrected chi connectivity index (χ0v) is 10.7. The molecule has 98 valence electrons. The number of carbonyl (C=O) groups excluding carboxylic acids is 1. The number of carbonyl (C=O) groups is 1. The summed E-state index contributed by atoms with van der Waals surface area (Å²) in [6.45, 7) is 4.54. The van der Waals surface area contributed by atoms with E-state index in [2.05, 4.69) is 0 Å². The number of non-ortho nitro benzene ring substituents is 1. The lowest BCUT2D eigenvalue weighted by Gasteiger charge is -2.20. The first kappa shape index (κ1) is 14.0. The highest BCUT2D eigenvalue weighted by Crippen LogP contribution is 2.21. The maximum atomic E-state index is 12.1. The lowest BCUT2D eigenvalue weighted by atomic mass is 10.1. The second kappa shape index (κ2) is 5.48. The van der Waals surface area contributed by atoms with Gasteiger partial charge in [0.1, 0.15) is 0 Å². The highest BCUT2D eigenvalue weighted by molar-refractivity contribution is 5.99. The Balaban J connectivity index is 3.04. The minimum Gasteiger partial charge on any atom is -0.398 e. The minimum atomic E-state index is -0.543. The monoisotopic (exact) mass is 251 g/mol. The zero-order valence-electron chi connectivity index (χ0n) is 10.7. The van der Waals surface area contributed by atoms with Crippen LogP contribution in [0.1, 0.15) is 24.2 Å². The molecule has 6 heteroatoms. The van der Waals surface area contributed by atoms with Crippen LogP contribution in [0.25, 0.3) is 0 Å². The first-order chi connectivity index (χ1) is 8.32. The van der Waals surface area contributed by atoms with Gasteiger partial charge in [0.15, 0.2) is 0 Å². The molecular formula is C12H17N3O3. The van der Waals surface area contributed by atoms with E-state index in [1.807, 2.05) is 13.8 Å². The van der Waals surface area contributed by atoms with E-state index in [4.69, 9.17) is 5.73 Å². The first-order valence-corrected chi connectivity index (χ1v) is 5.62. The van der Waals surface area contributed by atoms with E-state index < -0.39 is 4.92 Å². The molecule has 0 saturated heterocycles. The van der Waals surface area contributed by atoms with E-state index in [1.165, 1.54) is 23.1 Å². The molecule has 0 unspecified atom stereocenters. The van der Waals surface area contributed by atoms with Gasteiger partial charge in [-0.25, -0.2) is 0 Å². The van der Waals surface area contributed by atoms with Crippen molar-refractivity contribution in [3.63, 3.8) is 0 Å². The molecule has 0 spiro atoms. The van der Waals surface area contributed by atoms with Gasteiger partial charge >= 0.3 is 0 Å². The normalized spacial score (nSPS) is 10.4. The average Bonchev–Trinajstić information content (AvgIpc) is 2.27. The summed E-state index contributed by atoms with van der Waals surface area (Å²) in [6.07, 6.45) is 0. The standard InChI is InChI=1S/C12H17N3O3/c1-8(2)7-14(3)12(16)10-6-9(15(17)18)4-5-11(10)13/h4-6,8H,7,13H2,1-3H3. The molecule has 1 rings (SSSR count). The number of nitro benzene ring substituents is 1. The van der Waals surface area contributed by atoms with E-state index in [-0.39, 0.29) is 22.8 Å². The summed E-state index contributed by atoms with van der Waals surface area (Å²) in [6, 6.07) is 3.89. The summed E-state index contributed by atoms with van der Waals surface area (Å²) in [4.78, 5) is 23.7. The molecule has 6 nitrogen and oxygen atoms in total. The van der Waals surface area contributed by atoms with Gasteiger partial charge in [-0.2, -0.15) is 0 Å². The van der Waals surface area contributed by atoms with Crippen molar-refractivity contribution in [3.8, 4) is 0 Å². The molecule has 0 aliphatic carbocycles. The largest absolute Gasteiger partial charge is 0.398 e. The molecule has 1 amide bonds. The zero-order chi connectivity index (χ0) is 13.9. The van der Waals surface area contributed by atoms with Crippen LogP contribution >= 0.6 is 0 Å². The SMILES string of the molecule is CC(C)CN(C)C(=O)c1cc([N+](=O)[O-])ccc1N. The molecular weight excluding hydrogens is 234 g/mol. The molecule has 0 atom stereocenters. The quantitative estimate of drug-likeness (QED) is 0.502. The van der Waals surface area contributed by atoms with Gasteiger partial charge < -0.3 is 10.6 Å². The van der Waals surface area contributed by atoms with Crippen molar-refractivity contribution >= 4 is 17.3 Å². The third-order valence-electron chi connectivity index (χ3n) is 2.46. The number of benzene rings is 1. The van der Waals surface area contributed by atoms with Crippen LogP contribution in [0.3, 0.4) is 0 Å². The Labute approximate surface area is 106 Å². The van der Waals surface area contributed by atoms with Gasteiger partial charge in [0.05, 0.1) is 10.5 Å². The third-order valence-corrected chi connectivity index (χ3v) is 2.46. The van der Waals surface area contributed by atoms with Gasteiger partial charge in [-0.1, -0.05) is 13.8 Å². The fraction of sp³-hybridized carbons (Fsp3) is 0.417. The van der Waals surface area contributed by atoms with Crippen LogP contribution in [0.5, 0.6) is 0 Å². The molecule has 0 heterocycles. The van der Waals surface area contributed by atoms with Gasteiger partial charge in [0.25, 0.3) is 11.6 Å². The fourth-order valence-electron chi connectivity index (χ4n) is 1.68. The van der Waals surface area contributed by atoms with Crippen LogP contribution in [-0.2, 0) is 0 Å². The van der Waals surface area contributed by atoms with Crippen LogP contribution < -0.4 is 5.73 Å². The fourth-order valence-corrected chi connectivity index (χ4v) is 1.68. The maximum absolute atomic E-state index is 12.1. The molecule has 1 aromatic rings. The van der Waals surface area contributed by atoms with E-state index in [1.54, 1.807) is 7.05 Å². The molecule has 0 bridgehead atoms. The summed E-state index contributed by atoms with van der Waals surface area (Å²) in [5, 5.41) is 10.7. The second-order valence-electron chi connectivity index (χ2n) is 4.61. The molecule has 0 aromatic heterocycles. The van der Waals surface area contributed by atoms with Gasteiger partial charge in [-0.05, 0) is 12.0 Å². The Bertz CT molecular complexity index is 472. The number of nitrogens with zero attached hydrogens (tertiary/aromatic N) is 2. The topological polar surface area (TPSA) is 89.5 Å². The van der Waals surface area contributed by atoms with Gasteiger partial charge in [0, 0.05) is 31.4 Å². The van der Waals surface area contributed by atoms with Crippen molar-refractivity contribution in [1.29, 1.82) is 0 Å². The molecule has 0 radical (unpaired) electrons. The van der Waals surface area contributed by atoms with Crippen molar-refractivity contribution in [1.82, 2.24) is 4.90 Å². The number of nitrogens with two attached hydrogens (primary N) is 1. The predicted molar refractivity (Wildman–Crippen MR) is 69.3 cm³/mol. The average molecular weight is 251 g/mol. The van der Waals surface area contributed by atoms with Crippen molar-refractivity contribution in [2.75, 3.05) is 19.3 Å². The lowest BCUT2D eigenvalue weighted by molar-refractivity contribution is -0.384. The summed E-state index contributed by atoms with van der Waals surface area (Å²) >= 11 is 0. The molecule has 18 heavy (non-hydrogen) atoms. The number of hydrogen-bond donors (Lipinski definition) is 1. The van der Waals surface area contributed by atoms with Crippen LogP contribution in [0.2, 0.25) is 0 Å². The maximum Gasteiger partial charge on any atom is 0.270 e. The Morgan fingerprint density at radius 1 is 1.50 bits per heavy atom. The summed E-state index contributed by atoms with van der Waals surface area (Å²) < 4.78 is 0. The van der Waals surface area contributed by atoms with E-state index in [0.717, 1.165) is 0 Å². The number of nitro groups is 1. The summed E-state index contributed by atoms with van der Waals surface area (Å²) in [5.41, 5.74) is 5.98. The number of nitrogen functional groups attached to an aromatic ring is 1. The number of amides is 1. The van der Waals surface area contributed by atoms with Crippen molar-refractivity contribution in [2.45, 2.75) is 13.8 Å². The Morgan fingerprint density at radius 2 is 2.11 bits per heavy atom. The Hall–Kier alpha value is -2.11. The smallest absolute Gasteiger partial charge is 0.270 e. The highest BCUT2D eigenvalue weighted by atomic mass is 16.6. The van der Waals surface area contributed by atoms with Gasteiger partial charge in [-0.15, -0.1) is 0 Å². The van der Waals surface area contributed by atoms with E-state index >= 15 is 0 Å². The van der Waals surface area contributed by atoms with Crippen molar-refractivity contribution < 1.29 is 9.72 Å². The van der Waals surface area contributed by atoms with Crippen LogP contribution in [0.4, 0.5) is 11.4 Å². The first-order valence-electron chi connectivity index (χ1n) is 5.62. The van der Waals surface area contributed by atoms with E-state index in [9.17, 15) is 14.9 Å². The molecule has 0 aliphatic heterocycles. The van der Waals surface area contributed by atoms with E-state index in [0.29, 0.717) is 12.5 Å². The van der Waals surface area contributed by atoms with Crippen molar-refractivity contribution in [3.05, 3.63) is 33.9 Å². The van der Waals surface area contributed by atoms with Crippen LogP contribution in [-0.4, -0.2) is 29.3 Å². The van der Waals surface area contributed by atoms with Crippen LogP contribution in [0.15, 0.2) is 18.2 Å². The molecule has 2 N–H and O–H groups in total. The molecule has 0 fully saturated rings. The minimum absolute atomic E-state index is 0.134. The van der Waals surface area contributed by atoms with Crippen molar-refractivity contribution in [2.24, 2.45) is 5.92 Å². The van der Waals surface area contributed by atoms with Crippen LogP contribution in [0, 0.1) is 16.0 Å². The number of rotatable bonds is 4. The number of hydrogen-bond acceptors (Lipinski definition) is 4. The molecule has 0 aliphatic rings. The summed E-state index contributed by atoms with van der Waals surface area (Å²) in [7, 11) is 1.65. The van der Waals surface area contributed by atoms with Gasteiger partial charge in [0.2, 0.25) is 0 Å². The predicted octanol–water partition coefficient (Wildman–Crippen LogP) is 1.91.